The minimum absolute atomic E-state index is 0.0416. The zero-order chi connectivity index (χ0) is 9.14. The van der Waals surface area contributed by atoms with Gasteiger partial charge in [0.25, 0.3) is 0 Å². The van der Waals surface area contributed by atoms with E-state index in [-0.39, 0.29) is 12.1 Å². The zero-order valence-corrected chi connectivity index (χ0v) is 6.92. The molecule has 12 heavy (non-hydrogen) atoms. The lowest BCUT2D eigenvalue weighted by atomic mass is 10.1. The van der Waals surface area contributed by atoms with Crippen molar-refractivity contribution >= 4 is 0 Å². The molecule has 0 unspecified atom stereocenters. The molecule has 0 spiro atoms. The average molecular weight is 169 g/mol. The number of hydrogen-bond acceptors (Lipinski definition) is 2. The van der Waals surface area contributed by atoms with Crippen LogP contribution in [0.15, 0.2) is 18.2 Å². The molecule has 1 aromatic rings. The first kappa shape index (κ1) is 9.16. The van der Waals surface area contributed by atoms with Crippen molar-refractivity contribution in [1.82, 2.24) is 0 Å². The summed E-state index contributed by atoms with van der Waals surface area (Å²) in [6, 6.07) is 4.69. The highest BCUT2D eigenvalue weighted by Crippen LogP contribution is 2.16. The summed E-state index contributed by atoms with van der Waals surface area (Å²) in [5.41, 5.74) is 6.29. The lowest BCUT2D eigenvalue weighted by Crippen LogP contribution is -2.12. The van der Waals surface area contributed by atoms with Crippen molar-refractivity contribution in [3.05, 3.63) is 35.1 Å². The van der Waals surface area contributed by atoms with E-state index in [9.17, 15) is 9.50 Å². The molecule has 0 amide bonds. The summed E-state index contributed by atoms with van der Waals surface area (Å²) in [7, 11) is 0. The molecule has 2 nitrogen and oxygen atoms in total. The molecule has 0 heterocycles. The fourth-order valence-electron chi connectivity index (χ4n) is 1.03. The molecule has 0 aliphatic heterocycles. The predicted molar refractivity (Wildman–Crippen MR) is 45.2 cm³/mol. The summed E-state index contributed by atoms with van der Waals surface area (Å²) < 4.78 is 13.1. The Morgan fingerprint density at radius 3 is 2.75 bits per heavy atom. The van der Waals surface area contributed by atoms with Crippen LogP contribution in [-0.4, -0.2) is 11.7 Å². The number of aliphatic hydroxyl groups excluding tert-OH is 1. The van der Waals surface area contributed by atoms with Crippen molar-refractivity contribution in [2.75, 3.05) is 6.54 Å². The highest BCUT2D eigenvalue weighted by atomic mass is 19.1. The number of hydrogen-bond donors (Lipinski definition) is 2. The van der Waals surface area contributed by atoms with E-state index in [0.717, 1.165) is 5.56 Å². The van der Waals surface area contributed by atoms with Crippen LogP contribution in [0.4, 0.5) is 4.39 Å². The van der Waals surface area contributed by atoms with Crippen molar-refractivity contribution in [3.63, 3.8) is 0 Å². The molecule has 0 saturated heterocycles. The van der Waals surface area contributed by atoms with Gasteiger partial charge in [-0.05, 0) is 18.6 Å². The van der Waals surface area contributed by atoms with Gasteiger partial charge < -0.3 is 10.8 Å². The highest BCUT2D eigenvalue weighted by Gasteiger charge is 2.09. The Balaban J connectivity index is 3.01. The molecule has 1 rings (SSSR count). The van der Waals surface area contributed by atoms with Gasteiger partial charge in [-0.15, -0.1) is 0 Å². The molecule has 0 aliphatic carbocycles. The smallest absolute Gasteiger partial charge is 0.129 e. The van der Waals surface area contributed by atoms with Crippen LogP contribution in [0.2, 0.25) is 0 Å². The summed E-state index contributed by atoms with van der Waals surface area (Å²) in [5, 5.41) is 9.24. The maximum Gasteiger partial charge on any atom is 0.129 e. The maximum absolute atomic E-state index is 13.1. The van der Waals surface area contributed by atoms with Gasteiger partial charge in [0.1, 0.15) is 5.82 Å². The summed E-state index contributed by atoms with van der Waals surface area (Å²) in [5.74, 6) is -0.395. The topological polar surface area (TPSA) is 46.2 Å². The minimum Gasteiger partial charge on any atom is -0.387 e. The Morgan fingerprint density at radius 1 is 1.58 bits per heavy atom. The van der Waals surface area contributed by atoms with E-state index in [2.05, 4.69) is 0 Å². The minimum atomic E-state index is -0.898. The van der Waals surface area contributed by atoms with Gasteiger partial charge in [-0.3, -0.25) is 0 Å². The Hall–Kier alpha value is -0.930. The number of benzene rings is 1. The van der Waals surface area contributed by atoms with Gasteiger partial charge in [-0.2, -0.15) is 0 Å². The third-order valence-electron chi connectivity index (χ3n) is 1.74. The van der Waals surface area contributed by atoms with Gasteiger partial charge >= 0.3 is 0 Å². The molecule has 0 radical (unpaired) electrons. The van der Waals surface area contributed by atoms with Crippen molar-refractivity contribution in [1.29, 1.82) is 0 Å². The van der Waals surface area contributed by atoms with Crippen LogP contribution < -0.4 is 5.73 Å². The monoisotopic (exact) mass is 169 g/mol. The van der Waals surface area contributed by atoms with Crippen molar-refractivity contribution in [2.45, 2.75) is 13.0 Å². The SMILES string of the molecule is Cc1ccc([C@@H](O)CN)c(F)c1. The zero-order valence-electron chi connectivity index (χ0n) is 6.92. The van der Waals surface area contributed by atoms with E-state index in [1.165, 1.54) is 6.07 Å². The van der Waals surface area contributed by atoms with Crippen molar-refractivity contribution < 1.29 is 9.50 Å². The van der Waals surface area contributed by atoms with Gasteiger partial charge in [0.05, 0.1) is 6.10 Å². The molecule has 0 saturated carbocycles. The lowest BCUT2D eigenvalue weighted by Gasteiger charge is -2.09. The third-order valence-corrected chi connectivity index (χ3v) is 1.74. The standard InChI is InChI=1S/C9H12FNO/c1-6-2-3-7(8(10)4-6)9(12)5-11/h2-4,9,12H,5,11H2,1H3/t9-/m0/s1. The molecule has 1 atom stereocenters. The van der Waals surface area contributed by atoms with Gasteiger partial charge in [-0.25, -0.2) is 4.39 Å². The van der Waals surface area contributed by atoms with Crippen LogP contribution in [-0.2, 0) is 0 Å². The first-order chi connectivity index (χ1) is 5.65. The van der Waals surface area contributed by atoms with Gasteiger partial charge in [0.15, 0.2) is 0 Å². The molecule has 0 aromatic heterocycles. The Kier molecular flexibility index (Phi) is 2.78. The van der Waals surface area contributed by atoms with Gasteiger partial charge in [0, 0.05) is 12.1 Å². The molecule has 0 fully saturated rings. The van der Waals surface area contributed by atoms with Crippen LogP contribution in [0.1, 0.15) is 17.2 Å². The molecular weight excluding hydrogens is 157 g/mol. The quantitative estimate of drug-likeness (QED) is 0.697. The molecule has 0 aliphatic rings. The fourth-order valence-corrected chi connectivity index (χ4v) is 1.03. The molecule has 0 bridgehead atoms. The molecular formula is C9H12FNO. The third kappa shape index (κ3) is 1.81. The van der Waals surface area contributed by atoms with E-state index in [1.807, 2.05) is 0 Å². The van der Waals surface area contributed by atoms with Gasteiger partial charge in [0.2, 0.25) is 0 Å². The largest absolute Gasteiger partial charge is 0.387 e. The van der Waals surface area contributed by atoms with Crippen LogP contribution in [0.25, 0.3) is 0 Å². The molecule has 3 N–H and O–H groups in total. The Bertz CT molecular complexity index is 275. The fraction of sp³-hybridized carbons (Fsp3) is 0.333. The van der Waals surface area contributed by atoms with E-state index in [4.69, 9.17) is 5.73 Å². The lowest BCUT2D eigenvalue weighted by molar-refractivity contribution is 0.182. The van der Waals surface area contributed by atoms with Gasteiger partial charge in [-0.1, -0.05) is 12.1 Å². The Morgan fingerprint density at radius 2 is 2.25 bits per heavy atom. The first-order valence-corrected chi connectivity index (χ1v) is 3.79. The second-order valence-corrected chi connectivity index (χ2v) is 2.78. The molecule has 1 aromatic carbocycles. The second kappa shape index (κ2) is 3.65. The van der Waals surface area contributed by atoms with E-state index >= 15 is 0 Å². The number of aliphatic hydroxyl groups is 1. The summed E-state index contributed by atoms with van der Waals surface area (Å²) >= 11 is 0. The summed E-state index contributed by atoms with van der Waals surface area (Å²) in [6.45, 7) is 1.83. The van der Waals surface area contributed by atoms with E-state index < -0.39 is 11.9 Å². The van der Waals surface area contributed by atoms with E-state index in [1.54, 1.807) is 19.1 Å². The molecule has 3 heteroatoms. The number of halogens is 1. The van der Waals surface area contributed by atoms with E-state index in [0.29, 0.717) is 0 Å². The highest BCUT2D eigenvalue weighted by molar-refractivity contribution is 5.25. The summed E-state index contributed by atoms with van der Waals surface area (Å²) in [6.07, 6.45) is -0.898. The number of rotatable bonds is 2. The number of aryl methyl sites for hydroxylation is 1. The predicted octanol–water partition coefficient (Wildman–Crippen LogP) is 1.13. The summed E-state index contributed by atoms with van der Waals surface area (Å²) in [4.78, 5) is 0. The van der Waals surface area contributed by atoms with Crippen LogP contribution >= 0.6 is 0 Å². The van der Waals surface area contributed by atoms with Crippen molar-refractivity contribution in [3.8, 4) is 0 Å². The maximum atomic E-state index is 13.1. The van der Waals surface area contributed by atoms with Crippen LogP contribution in [0.3, 0.4) is 0 Å². The average Bonchev–Trinajstić information content (AvgIpc) is 2.03. The second-order valence-electron chi connectivity index (χ2n) is 2.78. The van der Waals surface area contributed by atoms with Crippen molar-refractivity contribution in [2.24, 2.45) is 5.73 Å². The molecule has 66 valence electrons. The Labute approximate surface area is 70.8 Å². The number of nitrogens with two attached hydrogens (primary N) is 1. The van der Waals surface area contributed by atoms with Crippen LogP contribution in [0.5, 0.6) is 0 Å². The van der Waals surface area contributed by atoms with Crippen LogP contribution in [0, 0.1) is 12.7 Å². The first-order valence-electron chi connectivity index (χ1n) is 3.79. The normalized spacial score (nSPS) is 13.0.